The first kappa shape index (κ1) is 29.9. The molecule has 1 aliphatic heterocycles. The summed E-state index contributed by atoms with van der Waals surface area (Å²) in [6, 6.07) is 0. The average molecular weight is 463 g/mol. The zero-order valence-corrected chi connectivity index (χ0v) is 22.4. The summed E-state index contributed by atoms with van der Waals surface area (Å²) in [4.78, 5) is 27.4. The van der Waals surface area contributed by atoms with E-state index in [1.54, 1.807) is 0 Å². The van der Waals surface area contributed by atoms with Gasteiger partial charge in [-0.1, -0.05) is 103 Å². The molecule has 192 valence electrons. The zero-order chi connectivity index (χ0) is 24.3. The summed E-state index contributed by atoms with van der Waals surface area (Å²) >= 11 is 0. The van der Waals surface area contributed by atoms with Gasteiger partial charge < -0.3 is 5.32 Å². The second-order valence-corrected chi connectivity index (χ2v) is 10.1. The molecule has 0 saturated carbocycles. The molecule has 0 aromatic heterocycles. The van der Waals surface area contributed by atoms with Crippen LogP contribution in [0.3, 0.4) is 0 Å². The predicted octanol–water partition coefficient (Wildman–Crippen LogP) is 7.42. The van der Waals surface area contributed by atoms with Crippen LogP contribution in [-0.4, -0.2) is 36.3 Å². The Bertz CT molecular complexity index is 558. The molecule has 0 bridgehead atoms. The van der Waals surface area contributed by atoms with Crippen molar-refractivity contribution in [1.82, 2.24) is 10.2 Å². The normalized spacial score (nSPS) is 17.9. The molecule has 0 spiro atoms. The van der Waals surface area contributed by atoms with E-state index >= 15 is 0 Å². The molecular weight excluding hydrogens is 408 g/mol. The third kappa shape index (κ3) is 12.2. The molecule has 2 unspecified atom stereocenters. The minimum atomic E-state index is -0.153. The summed E-state index contributed by atoms with van der Waals surface area (Å²) in [6.07, 6.45) is 21.4. The highest BCUT2D eigenvalue weighted by Crippen LogP contribution is 2.35. The number of nitrogens with zero attached hydrogens (tertiary/aromatic N) is 1. The largest absolute Gasteiger partial charge is 0.315 e. The molecule has 4 heteroatoms. The number of nitrogens with one attached hydrogen (secondary N) is 1. The molecule has 0 aromatic rings. The molecule has 2 amide bonds. The summed E-state index contributed by atoms with van der Waals surface area (Å²) in [7, 11) is 0. The number of hydrogen-bond acceptors (Lipinski definition) is 3. The van der Waals surface area contributed by atoms with Crippen LogP contribution in [0.2, 0.25) is 0 Å². The Morgan fingerprint density at radius 2 is 1.48 bits per heavy atom. The summed E-state index contributed by atoms with van der Waals surface area (Å²) < 4.78 is 0. The number of imide groups is 1. The molecule has 0 aromatic carbocycles. The van der Waals surface area contributed by atoms with E-state index in [0.717, 1.165) is 32.2 Å². The van der Waals surface area contributed by atoms with Crippen LogP contribution in [0, 0.1) is 11.8 Å². The van der Waals surface area contributed by atoms with Gasteiger partial charge in [0.25, 0.3) is 0 Å². The van der Waals surface area contributed by atoms with Crippen LogP contribution in [0.4, 0.5) is 0 Å². The number of rotatable bonds is 21. The van der Waals surface area contributed by atoms with E-state index in [2.05, 4.69) is 39.1 Å². The zero-order valence-electron chi connectivity index (χ0n) is 22.4. The lowest BCUT2D eigenvalue weighted by atomic mass is 9.81. The van der Waals surface area contributed by atoms with Gasteiger partial charge in [0.2, 0.25) is 11.8 Å². The monoisotopic (exact) mass is 462 g/mol. The van der Waals surface area contributed by atoms with E-state index in [-0.39, 0.29) is 23.7 Å². The van der Waals surface area contributed by atoms with Crippen molar-refractivity contribution in [2.45, 2.75) is 130 Å². The summed E-state index contributed by atoms with van der Waals surface area (Å²) in [5.41, 5.74) is 1.34. The van der Waals surface area contributed by atoms with Crippen molar-refractivity contribution in [3.63, 3.8) is 0 Å². The second-order valence-electron chi connectivity index (χ2n) is 10.1. The van der Waals surface area contributed by atoms with Gasteiger partial charge in [-0.05, 0) is 45.1 Å². The van der Waals surface area contributed by atoms with Gasteiger partial charge in [-0.3, -0.25) is 14.5 Å². The molecule has 2 atom stereocenters. The molecule has 33 heavy (non-hydrogen) atoms. The van der Waals surface area contributed by atoms with E-state index in [1.807, 2.05) is 0 Å². The van der Waals surface area contributed by atoms with Gasteiger partial charge in [0, 0.05) is 19.5 Å². The van der Waals surface area contributed by atoms with E-state index in [4.69, 9.17) is 0 Å². The van der Waals surface area contributed by atoms with Crippen molar-refractivity contribution < 1.29 is 9.59 Å². The Balaban J connectivity index is 2.67. The Morgan fingerprint density at radius 3 is 2.12 bits per heavy atom. The van der Waals surface area contributed by atoms with Crippen LogP contribution < -0.4 is 5.32 Å². The fourth-order valence-electron chi connectivity index (χ4n) is 5.05. The SMILES string of the molecule is CCCCCCC/C=C(\C)C(CCCCCCCCC)C1CC(=O)N(CCNCCC)C1=O. The molecule has 1 heterocycles. The maximum atomic E-state index is 13.2. The molecule has 1 fully saturated rings. The molecule has 0 aliphatic carbocycles. The van der Waals surface area contributed by atoms with Crippen LogP contribution in [0.5, 0.6) is 0 Å². The van der Waals surface area contributed by atoms with Crippen LogP contribution in [0.15, 0.2) is 11.6 Å². The fourth-order valence-corrected chi connectivity index (χ4v) is 5.05. The highest BCUT2D eigenvalue weighted by Gasteiger charge is 2.42. The van der Waals surface area contributed by atoms with Crippen molar-refractivity contribution in [3.8, 4) is 0 Å². The Kier molecular flexibility index (Phi) is 17.4. The van der Waals surface area contributed by atoms with Crippen molar-refractivity contribution >= 4 is 11.8 Å². The van der Waals surface area contributed by atoms with Gasteiger partial charge in [0.15, 0.2) is 0 Å². The van der Waals surface area contributed by atoms with Gasteiger partial charge in [-0.25, -0.2) is 0 Å². The lowest BCUT2D eigenvalue weighted by Crippen LogP contribution is -2.38. The molecule has 1 N–H and O–H groups in total. The molecule has 1 rings (SSSR count). The lowest BCUT2D eigenvalue weighted by Gasteiger charge is -2.24. The van der Waals surface area contributed by atoms with Gasteiger partial charge in [0.05, 0.1) is 5.92 Å². The second kappa shape index (κ2) is 19.2. The van der Waals surface area contributed by atoms with Crippen LogP contribution in [0.1, 0.15) is 130 Å². The molecule has 1 saturated heterocycles. The first-order valence-electron chi connectivity index (χ1n) is 14.3. The van der Waals surface area contributed by atoms with Crippen LogP contribution >= 0.6 is 0 Å². The number of carbonyl (C=O) groups is 2. The van der Waals surface area contributed by atoms with E-state index in [9.17, 15) is 9.59 Å². The maximum absolute atomic E-state index is 13.2. The first-order chi connectivity index (χ1) is 16.1. The first-order valence-corrected chi connectivity index (χ1v) is 14.3. The van der Waals surface area contributed by atoms with Crippen LogP contribution in [-0.2, 0) is 9.59 Å². The third-order valence-corrected chi connectivity index (χ3v) is 7.18. The molecular formula is C29H54N2O2. The Morgan fingerprint density at radius 1 is 0.879 bits per heavy atom. The number of carbonyl (C=O) groups excluding carboxylic acids is 2. The highest BCUT2D eigenvalue weighted by atomic mass is 16.2. The number of amides is 2. The topological polar surface area (TPSA) is 49.4 Å². The minimum absolute atomic E-state index is 0.0280. The number of likely N-dealkylation sites (tertiary alicyclic amines) is 1. The van der Waals surface area contributed by atoms with Crippen molar-refractivity contribution in [2.75, 3.05) is 19.6 Å². The van der Waals surface area contributed by atoms with E-state index in [1.165, 1.54) is 81.1 Å². The van der Waals surface area contributed by atoms with E-state index < -0.39 is 0 Å². The Labute approximate surface area is 205 Å². The summed E-state index contributed by atoms with van der Waals surface area (Å²) in [5, 5.41) is 3.32. The highest BCUT2D eigenvalue weighted by molar-refractivity contribution is 6.03. The van der Waals surface area contributed by atoms with Crippen molar-refractivity contribution in [2.24, 2.45) is 11.8 Å². The molecule has 1 aliphatic rings. The van der Waals surface area contributed by atoms with Gasteiger partial charge in [0.1, 0.15) is 0 Å². The standard InChI is InChI=1S/C29H54N2O2/c1-5-8-10-12-14-16-18-20-26(25(4)19-17-15-13-11-9-6-2)27-24-28(32)31(29(27)33)23-22-30-21-7-3/h19,26-27,30H,5-18,20-24H2,1-4H3/b25-19+. The van der Waals surface area contributed by atoms with Crippen molar-refractivity contribution in [3.05, 3.63) is 11.6 Å². The van der Waals surface area contributed by atoms with Gasteiger partial charge >= 0.3 is 0 Å². The quantitative estimate of drug-likeness (QED) is 0.110. The summed E-state index contributed by atoms with van der Waals surface area (Å²) in [6.45, 7) is 11.0. The van der Waals surface area contributed by atoms with E-state index in [0.29, 0.717) is 19.5 Å². The van der Waals surface area contributed by atoms with Gasteiger partial charge in [-0.2, -0.15) is 0 Å². The molecule has 4 nitrogen and oxygen atoms in total. The predicted molar refractivity (Wildman–Crippen MR) is 141 cm³/mol. The fraction of sp³-hybridized carbons (Fsp3) is 0.862. The lowest BCUT2D eigenvalue weighted by molar-refractivity contribution is -0.139. The smallest absolute Gasteiger partial charge is 0.233 e. The Hall–Kier alpha value is -1.16. The van der Waals surface area contributed by atoms with Crippen LogP contribution in [0.25, 0.3) is 0 Å². The number of allylic oxidation sites excluding steroid dienone is 2. The number of hydrogen-bond donors (Lipinski definition) is 1. The average Bonchev–Trinajstić information content (AvgIpc) is 3.08. The van der Waals surface area contributed by atoms with Gasteiger partial charge in [-0.15, -0.1) is 0 Å². The maximum Gasteiger partial charge on any atom is 0.233 e. The molecule has 0 radical (unpaired) electrons. The summed E-state index contributed by atoms with van der Waals surface area (Å²) in [5.74, 6) is 0.170. The van der Waals surface area contributed by atoms with Crippen molar-refractivity contribution in [1.29, 1.82) is 0 Å². The third-order valence-electron chi connectivity index (χ3n) is 7.18. The number of unbranched alkanes of at least 4 members (excludes halogenated alkanes) is 11. The minimum Gasteiger partial charge on any atom is -0.315 e.